The van der Waals surface area contributed by atoms with Crippen molar-refractivity contribution in [1.82, 2.24) is 0 Å². The number of hydrogen-bond donors (Lipinski definition) is 2. The van der Waals surface area contributed by atoms with Crippen molar-refractivity contribution in [1.29, 1.82) is 0 Å². The number of rotatable bonds is 9. The van der Waals surface area contributed by atoms with Crippen LogP contribution in [0.3, 0.4) is 0 Å². The smallest absolute Gasteiger partial charge is 0.261 e. The molecule has 0 saturated carbocycles. The number of sulfonamides is 1. The molecule has 0 radical (unpaired) electrons. The van der Waals surface area contributed by atoms with E-state index in [0.29, 0.717) is 23.5 Å². The Morgan fingerprint density at radius 3 is 2.47 bits per heavy atom. The second-order valence-electron chi connectivity index (χ2n) is 8.99. The van der Waals surface area contributed by atoms with Crippen molar-refractivity contribution < 1.29 is 22.7 Å². The van der Waals surface area contributed by atoms with Gasteiger partial charge in [0, 0.05) is 39.8 Å². The standard InChI is InChI=1S/C29H27N3O5S/c1-3-4-17-32-26-16-15-25(23-9-6-10-24(27(23)26)29(32)34)30-28(33)19-7-5-8-20(18-19)31-38(35,36)22-13-11-21(37-2)12-14-22/h5-16,18,31H,3-4,17H2,1-2H3,(H,30,33). The molecule has 1 heterocycles. The number of ether oxygens (including phenoxy) is 1. The molecular weight excluding hydrogens is 502 g/mol. The zero-order valence-electron chi connectivity index (χ0n) is 21.0. The summed E-state index contributed by atoms with van der Waals surface area (Å²) in [5.41, 5.74) is 2.58. The third-order valence-corrected chi connectivity index (χ3v) is 7.91. The van der Waals surface area contributed by atoms with Crippen molar-refractivity contribution >= 4 is 49.7 Å². The quantitative estimate of drug-likeness (QED) is 0.291. The summed E-state index contributed by atoms with van der Waals surface area (Å²) in [6, 6.07) is 21.5. The van der Waals surface area contributed by atoms with Crippen molar-refractivity contribution in [2.75, 3.05) is 28.6 Å². The molecule has 0 bridgehead atoms. The molecular formula is C29H27N3O5S. The lowest BCUT2D eigenvalue weighted by atomic mass is 10.0. The lowest BCUT2D eigenvalue weighted by molar-refractivity contribution is 0.0991. The number of hydrogen-bond acceptors (Lipinski definition) is 5. The number of benzene rings is 4. The maximum absolute atomic E-state index is 13.2. The summed E-state index contributed by atoms with van der Waals surface area (Å²) in [6.45, 7) is 2.73. The van der Waals surface area contributed by atoms with E-state index in [9.17, 15) is 18.0 Å². The van der Waals surface area contributed by atoms with Crippen molar-refractivity contribution in [2.24, 2.45) is 0 Å². The normalized spacial score (nSPS) is 12.6. The zero-order valence-corrected chi connectivity index (χ0v) is 21.8. The average Bonchev–Trinajstić information content (AvgIpc) is 3.20. The van der Waals surface area contributed by atoms with Crippen LogP contribution in [0, 0.1) is 0 Å². The molecule has 0 unspecified atom stereocenters. The van der Waals surface area contributed by atoms with Crippen LogP contribution in [-0.4, -0.2) is 33.9 Å². The van der Waals surface area contributed by atoms with Gasteiger partial charge in [-0.2, -0.15) is 0 Å². The van der Waals surface area contributed by atoms with Crippen LogP contribution in [0.1, 0.15) is 40.5 Å². The Morgan fingerprint density at radius 1 is 0.974 bits per heavy atom. The highest BCUT2D eigenvalue weighted by Gasteiger charge is 2.30. The van der Waals surface area contributed by atoms with Crippen LogP contribution in [0.25, 0.3) is 10.8 Å². The fourth-order valence-corrected chi connectivity index (χ4v) is 5.63. The van der Waals surface area contributed by atoms with E-state index in [-0.39, 0.29) is 22.1 Å². The SMILES string of the molecule is CCCCN1C(=O)c2cccc3c(NC(=O)c4cccc(NS(=O)(=O)c5ccc(OC)cc5)c4)ccc1c23. The number of methoxy groups -OCH3 is 1. The van der Waals surface area contributed by atoms with Crippen LogP contribution in [0.5, 0.6) is 5.75 Å². The third-order valence-electron chi connectivity index (χ3n) is 6.52. The van der Waals surface area contributed by atoms with Crippen LogP contribution in [0.2, 0.25) is 0 Å². The molecule has 0 spiro atoms. The molecule has 5 rings (SSSR count). The molecule has 194 valence electrons. The van der Waals surface area contributed by atoms with Crippen LogP contribution in [0.4, 0.5) is 17.1 Å². The van der Waals surface area contributed by atoms with E-state index in [1.165, 1.54) is 25.3 Å². The van der Waals surface area contributed by atoms with Gasteiger partial charge in [-0.05, 0) is 67.1 Å². The lowest BCUT2D eigenvalue weighted by Crippen LogP contribution is -2.27. The fraction of sp³-hybridized carbons (Fsp3) is 0.172. The summed E-state index contributed by atoms with van der Waals surface area (Å²) in [4.78, 5) is 28.1. The molecule has 9 heteroatoms. The van der Waals surface area contributed by atoms with E-state index in [2.05, 4.69) is 17.0 Å². The third kappa shape index (κ3) is 4.68. The Labute approximate surface area is 221 Å². The van der Waals surface area contributed by atoms with Gasteiger partial charge in [0.15, 0.2) is 0 Å². The monoisotopic (exact) mass is 529 g/mol. The van der Waals surface area contributed by atoms with Gasteiger partial charge in [0.25, 0.3) is 21.8 Å². The van der Waals surface area contributed by atoms with Gasteiger partial charge in [-0.15, -0.1) is 0 Å². The minimum Gasteiger partial charge on any atom is -0.497 e. The maximum atomic E-state index is 13.2. The highest BCUT2D eigenvalue weighted by Crippen LogP contribution is 2.40. The van der Waals surface area contributed by atoms with Crippen LogP contribution in [0.15, 0.2) is 83.8 Å². The zero-order chi connectivity index (χ0) is 26.9. The minimum atomic E-state index is -3.86. The molecule has 4 aromatic carbocycles. The van der Waals surface area contributed by atoms with Gasteiger partial charge in [-0.3, -0.25) is 14.3 Å². The van der Waals surface area contributed by atoms with Gasteiger partial charge in [0.2, 0.25) is 0 Å². The predicted molar refractivity (Wildman–Crippen MR) is 149 cm³/mol. The summed E-state index contributed by atoms with van der Waals surface area (Å²) < 4.78 is 33.2. The van der Waals surface area contributed by atoms with E-state index >= 15 is 0 Å². The van der Waals surface area contributed by atoms with Gasteiger partial charge in [-0.25, -0.2) is 8.42 Å². The number of nitrogens with zero attached hydrogens (tertiary/aromatic N) is 1. The van der Waals surface area contributed by atoms with Crippen molar-refractivity contribution in [3.63, 3.8) is 0 Å². The molecule has 0 atom stereocenters. The number of nitrogens with one attached hydrogen (secondary N) is 2. The molecule has 8 nitrogen and oxygen atoms in total. The number of carbonyl (C=O) groups excluding carboxylic acids is 2. The summed E-state index contributed by atoms with van der Waals surface area (Å²) in [5, 5.41) is 4.53. The highest BCUT2D eigenvalue weighted by molar-refractivity contribution is 7.92. The van der Waals surface area contributed by atoms with Crippen molar-refractivity contribution in [3.8, 4) is 5.75 Å². The molecule has 0 aromatic heterocycles. The molecule has 0 saturated heterocycles. The van der Waals surface area contributed by atoms with Gasteiger partial charge in [0.1, 0.15) is 5.75 Å². The van der Waals surface area contributed by atoms with E-state index in [4.69, 9.17) is 4.74 Å². The van der Waals surface area contributed by atoms with E-state index in [0.717, 1.165) is 29.3 Å². The molecule has 0 fully saturated rings. The van der Waals surface area contributed by atoms with Gasteiger partial charge in [-0.1, -0.05) is 31.5 Å². The van der Waals surface area contributed by atoms with Gasteiger partial charge < -0.3 is 15.0 Å². The summed E-state index contributed by atoms with van der Waals surface area (Å²) in [7, 11) is -2.36. The molecule has 1 aliphatic rings. The first-order chi connectivity index (χ1) is 18.3. The minimum absolute atomic E-state index is 0.0284. The molecule has 2 amide bonds. The van der Waals surface area contributed by atoms with Crippen molar-refractivity contribution in [2.45, 2.75) is 24.7 Å². The second kappa shape index (κ2) is 10.2. The molecule has 4 aromatic rings. The Bertz CT molecular complexity index is 1650. The van der Waals surface area contributed by atoms with Gasteiger partial charge >= 0.3 is 0 Å². The van der Waals surface area contributed by atoms with E-state index in [1.54, 1.807) is 41.3 Å². The fourth-order valence-electron chi connectivity index (χ4n) is 4.58. The predicted octanol–water partition coefficient (Wildman–Crippen LogP) is 5.66. The largest absolute Gasteiger partial charge is 0.497 e. The number of unbranched alkanes of at least 4 members (excludes halogenated alkanes) is 1. The Kier molecular flexibility index (Phi) is 6.77. The first-order valence-corrected chi connectivity index (χ1v) is 13.8. The Hall–Kier alpha value is -4.37. The first kappa shape index (κ1) is 25.3. The number of anilines is 3. The number of carbonyl (C=O) groups is 2. The summed E-state index contributed by atoms with van der Waals surface area (Å²) in [5.74, 6) is 0.117. The van der Waals surface area contributed by atoms with Crippen LogP contribution in [-0.2, 0) is 10.0 Å². The lowest BCUT2D eigenvalue weighted by Gasteiger charge is -2.18. The van der Waals surface area contributed by atoms with Gasteiger partial charge in [0.05, 0.1) is 17.7 Å². The van der Waals surface area contributed by atoms with E-state index < -0.39 is 15.9 Å². The highest BCUT2D eigenvalue weighted by atomic mass is 32.2. The molecule has 2 N–H and O–H groups in total. The van der Waals surface area contributed by atoms with Crippen LogP contribution < -0.4 is 19.7 Å². The Morgan fingerprint density at radius 2 is 1.74 bits per heavy atom. The first-order valence-electron chi connectivity index (χ1n) is 12.3. The second-order valence-corrected chi connectivity index (χ2v) is 10.7. The average molecular weight is 530 g/mol. The van der Waals surface area contributed by atoms with E-state index in [1.807, 2.05) is 24.3 Å². The molecule has 0 aliphatic carbocycles. The summed E-state index contributed by atoms with van der Waals surface area (Å²) >= 11 is 0. The van der Waals surface area contributed by atoms with Crippen molar-refractivity contribution in [3.05, 3.63) is 90.0 Å². The molecule has 38 heavy (non-hydrogen) atoms. The maximum Gasteiger partial charge on any atom is 0.261 e. The topological polar surface area (TPSA) is 105 Å². The Balaban J connectivity index is 1.39. The number of amides is 2. The van der Waals surface area contributed by atoms with Crippen LogP contribution >= 0.6 is 0 Å². The summed E-state index contributed by atoms with van der Waals surface area (Å²) in [6.07, 6.45) is 1.88. The molecule has 1 aliphatic heterocycles.